The molecule has 1 aliphatic rings. The number of benzene rings is 2. The largest absolute Gasteiger partial charge is 0.311 e. The van der Waals surface area contributed by atoms with Gasteiger partial charge < -0.3 is 4.90 Å². The van der Waals surface area contributed by atoms with Crippen molar-refractivity contribution in [1.29, 1.82) is 0 Å². The zero-order chi connectivity index (χ0) is 17.3. The predicted molar refractivity (Wildman–Crippen MR) is 91.0 cm³/mol. The number of nitrogens with two attached hydrogens (primary N) is 1. The molecule has 1 heterocycles. The number of carbonyl (C=O) groups excluding carboxylic acids is 1. The highest BCUT2D eigenvalue weighted by Gasteiger charge is 2.26. The normalized spacial score (nSPS) is 13.8. The summed E-state index contributed by atoms with van der Waals surface area (Å²) in [5, 5.41) is 5.12. The fourth-order valence-electron chi connectivity index (χ4n) is 2.59. The monoisotopic (exact) mass is 366 g/mol. The van der Waals surface area contributed by atoms with Gasteiger partial charge in [-0.25, -0.2) is 17.9 Å². The van der Waals surface area contributed by atoms with Crippen LogP contribution in [-0.4, -0.2) is 26.6 Å². The molecule has 8 heteroatoms. The lowest BCUT2D eigenvalue weighted by Gasteiger charge is -2.17. The topological polar surface area (TPSA) is 80.5 Å². The van der Waals surface area contributed by atoms with Gasteiger partial charge in [-0.05, 0) is 42.3 Å². The van der Waals surface area contributed by atoms with Crippen LogP contribution in [0.1, 0.15) is 5.56 Å². The second-order valence-corrected chi connectivity index (χ2v) is 7.93. The van der Waals surface area contributed by atoms with E-state index in [1.807, 2.05) is 0 Å². The Bertz CT molecular complexity index is 900. The van der Waals surface area contributed by atoms with Gasteiger partial charge in [0.05, 0.1) is 10.6 Å². The van der Waals surface area contributed by atoms with Gasteiger partial charge in [0, 0.05) is 17.1 Å². The van der Waals surface area contributed by atoms with Crippen LogP contribution in [-0.2, 0) is 21.2 Å². The predicted octanol–water partition coefficient (Wildman–Crippen LogP) is 2.15. The average Bonchev–Trinajstić information content (AvgIpc) is 2.96. The number of hydrogen-bond donors (Lipinski definition) is 1. The van der Waals surface area contributed by atoms with Gasteiger partial charge in [0.15, 0.2) is 0 Å². The summed E-state index contributed by atoms with van der Waals surface area (Å²) in [6, 6.07) is 10.8. The second-order valence-electron chi connectivity index (χ2n) is 5.35. The SMILES string of the molecule is NS(=O)(=O)c1ccc2c(c1)CCN2C(=O)CSc1ccccc1F. The lowest BCUT2D eigenvalue weighted by Crippen LogP contribution is -2.30. The van der Waals surface area contributed by atoms with Gasteiger partial charge in [-0.3, -0.25) is 4.79 Å². The molecule has 0 aliphatic carbocycles. The van der Waals surface area contributed by atoms with E-state index in [1.54, 1.807) is 29.2 Å². The van der Waals surface area contributed by atoms with Crippen LogP contribution >= 0.6 is 11.8 Å². The third-order valence-corrected chi connectivity index (χ3v) is 5.71. The van der Waals surface area contributed by atoms with Gasteiger partial charge in [-0.2, -0.15) is 0 Å². The Morgan fingerprint density at radius 2 is 2.00 bits per heavy atom. The van der Waals surface area contributed by atoms with Gasteiger partial charge in [0.25, 0.3) is 0 Å². The third kappa shape index (κ3) is 3.45. The van der Waals surface area contributed by atoms with Gasteiger partial charge in [0.2, 0.25) is 15.9 Å². The Labute approximate surface area is 143 Å². The van der Waals surface area contributed by atoms with E-state index >= 15 is 0 Å². The first-order valence-corrected chi connectivity index (χ1v) is 9.73. The number of fused-ring (bicyclic) bond motifs is 1. The number of primary sulfonamides is 1. The molecule has 0 fully saturated rings. The number of rotatable bonds is 4. The van der Waals surface area contributed by atoms with Gasteiger partial charge in [-0.1, -0.05) is 12.1 Å². The number of hydrogen-bond acceptors (Lipinski definition) is 4. The van der Waals surface area contributed by atoms with E-state index in [0.29, 0.717) is 23.5 Å². The molecule has 1 amide bonds. The van der Waals surface area contributed by atoms with E-state index in [0.717, 1.165) is 17.3 Å². The molecule has 3 rings (SSSR count). The number of carbonyl (C=O) groups is 1. The molecule has 2 aromatic carbocycles. The smallest absolute Gasteiger partial charge is 0.238 e. The van der Waals surface area contributed by atoms with Crippen LogP contribution < -0.4 is 10.0 Å². The van der Waals surface area contributed by atoms with E-state index in [9.17, 15) is 17.6 Å². The molecule has 1 aliphatic heterocycles. The van der Waals surface area contributed by atoms with Crippen LogP contribution in [0.3, 0.4) is 0 Å². The van der Waals surface area contributed by atoms with E-state index in [1.165, 1.54) is 18.2 Å². The maximum atomic E-state index is 13.6. The Morgan fingerprint density at radius 1 is 1.25 bits per heavy atom. The van der Waals surface area contributed by atoms with Crippen molar-refractivity contribution in [2.45, 2.75) is 16.2 Å². The second kappa shape index (κ2) is 6.54. The number of amides is 1. The van der Waals surface area contributed by atoms with Crippen LogP contribution in [0.4, 0.5) is 10.1 Å². The number of thioether (sulfide) groups is 1. The first-order chi connectivity index (χ1) is 11.4. The first kappa shape index (κ1) is 16.9. The molecule has 0 aromatic heterocycles. The minimum Gasteiger partial charge on any atom is -0.311 e. The van der Waals surface area contributed by atoms with Crippen LogP contribution in [0.25, 0.3) is 0 Å². The summed E-state index contributed by atoms with van der Waals surface area (Å²) in [5.41, 5.74) is 1.45. The number of nitrogens with zero attached hydrogens (tertiary/aromatic N) is 1. The maximum Gasteiger partial charge on any atom is 0.238 e. The molecule has 2 N–H and O–H groups in total. The summed E-state index contributed by atoms with van der Waals surface area (Å²) in [7, 11) is -3.76. The highest BCUT2D eigenvalue weighted by Crippen LogP contribution is 2.31. The molecule has 0 spiro atoms. The fraction of sp³-hybridized carbons (Fsp3) is 0.188. The molecule has 126 valence electrons. The lowest BCUT2D eigenvalue weighted by atomic mass is 10.2. The van der Waals surface area contributed by atoms with Crippen molar-refractivity contribution in [3.05, 3.63) is 53.8 Å². The van der Waals surface area contributed by atoms with Gasteiger partial charge >= 0.3 is 0 Å². The molecule has 0 saturated carbocycles. The van der Waals surface area contributed by atoms with Crippen LogP contribution in [0, 0.1) is 5.82 Å². The van der Waals surface area contributed by atoms with Crippen molar-refractivity contribution in [2.75, 3.05) is 17.2 Å². The van der Waals surface area contributed by atoms with Crippen molar-refractivity contribution in [2.24, 2.45) is 5.14 Å². The number of anilines is 1. The van der Waals surface area contributed by atoms with E-state index in [-0.39, 0.29) is 22.4 Å². The van der Waals surface area contributed by atoms with Crippen molar-refractivity contribution in [1.82, 2.24) is 0 Å². The summed E-state index contributed by atoms with van der Waals surface area (Å²) in [6.07, 6.45) is 0.564. The highest BCUT2D eigenvalue weighted by molar-refractivity contribution is 8.00. The van der Waals surface area contributed by atoms with E-state index in [2.05, 4.69) is 0 Å². The summed E-state index contributed by atoms with van der Waals surface area (Å²) >= 11 is 1.14. The molecule has 0 bridgehead atoms. The molecule has 5 nitrogen and oxygen atoms in total. The van der Waals surface area contributed by atoms with E-state index in [4.69, 9.17) is 5.14 Å². The van der Waals surface area contributed by atoms with Gasteiger partial charge in [0.1, 0.15) is 5.82 Å². The molecule has 24 heavy (non-hydrogen) atoms. The fourth-order valence-corrected chi connectivity index (χ4v) is 3.97. The first-order valence-electron chi connectivity index (χ1n) is 7.19. The standard InChI is InChI=1S/C16H15FN2O3S2/c17-13-3-1-2-4-15(13)23-10-16(20)19-8-7-11-9-12(24(18,21)22)5-6-14(11)19/h1-6,9H,7-8,10H2,(H2,18,21,22). The van der Waals surface area contributed by atoms with Crippen molar-refractivity contribution >= 4 is 33.4 Å². The van der Waals surface area contributed by atoms with E-state index < -0.39 is 10.0 Å². The Balaban J connectivity index is 1.74. The highest BCUT2D eigenvalue weighted by atomic mass is 32.2. The van der Waals surface area contributed by atoms with Crippen LogP contribution in [0.15, 0.2) is 52.3 Å². The number of halogens is 1. The summed E-state index contributed by atoms with van der Waals surface area (Å²) in [4.78, 5) is 14.5. The lowest BCUT2D eigenvalue weighted by molar-refractivity contribution is -0.116. The van der Waals surface area contributed by atoms with Crippen molar-refractivity contribution in [3.63, 3.8) is 0 Å². The zero-order valence-electron chi connectivity index (χ0n) is 12.6. The van der Waals surface area contributed by atoms with Crippen LogP contribution in [0.5, 0.6) is 0 Å². The summed E-state index contributed by atoms with van der Waals surface area (Å²) in [5.74, 6) is -0.391. The van der Waals surface area contributed by atoms with Crippen molar-refractivity contribution in [3.8, 4) is 0 Å². The quantitative estimate of drug-likeness (QED) is 0.841. The Hall–Kier alpha value is -1.90. The molecular formula is C16H15FN2O3S2. The third-order valence-electron chi connectivity index (χ3n) is 3.76. The minimum absolute atomic E-state index is 0.0382. The molecule has 0 radical (unpaired) electrons. The molecule has 0 atom stereocenters. The number of sulfonamides is 1. The van der Waals surface area contributed by atoms with Crippen LogP contribution in [0.2, 0.25) is 0 Å². The summed E-state index contributed by atoms with van der Waals surface area (Å²) < 4.78 is 36.4. The Morgan fingerprint density at radius 3 is 2.71 bits per heavy atom. The molecule has 2 aromatic rings. The maximum absolute atomic E-state index is 13.6. The molecule has 0 unspecified atom stereocenters. The minimum atomic E-state index is -3.76. The van der Waals surface area contributed by atoms with Crippen molar-refractivity contribution < 1.29 is 17.6 Å². The Kier molecular flexibility index (Phi) is 4.62. The summed E-state index contributed by atoms with van der Waals surface area (Å²) in [6.45, 7) is 0.472. The zero-order valence-corrected chi connectivity index (χ0v) is 14.2. The van der Waals surface area contributed by atoms with Gasteiger partial charge in [-0.15, -0.1) is 11.8 Å². The molecule has 0 saturated heterocycles. The average molecular weight is 366 g/mol. The molecular weight excluding hydrogens is 351 g/mol.